The normalized spacial score (nSPS) is 15.0. The van der Waals surface area contributed by atoms with Crippen molar-refractivity contribution in [2.45, 2.75) is 0 Å². The largest absolute Gasteiger partial charge is 0.367 e. The lowest BCUT2D eigenvalue weighted by Crippen LogP contribution is -2.50. The first-order valence-electron chi connectivity index (χ1n) is 7.95. The number of rotatable bonds is 2. The smallest absolute Gasteiger partial charge is 0.314 e. The molecule has 2 amide bonds. The van der Waals surface area contributed by atoms with Crippen molar-refractivity contribution >= 4 is 33.3 Å². The Morgan fingerprint density at radius 2 is 1.83 bits per heavy atom. The number of carbonyl (C=O) groups is 1. The maximum Gasteiger partial charge on any atom is 0.314 e. The number of hydrogen-bond donors (Lipinski definition) is 1. The first kappa shape index (κ1) is 15.0. The Morgan fingerprint density at radius 3 is 2.54 bits per heavy atom. The van der Waals surface area contributed by atoms with Crippen molar-refractivity contribution in [1.82, 2.24) is 9.88 Å². The lowest BCUT2D eigenvalue weighted by atomic mass is 10.1. The number of hydrogen-bond acceptors (Lipinski definition) is 4. The van der Waals surface area contributed by atoms with Crippen LogP contribution in [0.25, 0.3) is 21.5 Å². The first-order chi connectivity index (χ1) is 11.7. The number of nitrogens with zero attached hydrogens (tertiary/aromatic N) is 3. The molecule has 4 rings (SSSR count). The van der Waals surface area contributed by atoms with E-state index in [0.717, 1.165) is 29.9 Å². The van der Waals surface area contributed by atoms with Gasteiger partial charge in [0.15, 0.2) is 0 Å². The summed E-state index contributed by atoms with van der Waals surface area (Å²) in [6.07, 6.45) is 0. The number of amides is 2. The fourth-order valence-corrected chi connectivity index (χ4v) is 3.97. The van der Waals surface area contributed by atoms with E-state index >= 15 is 0 Å². The highest BCUT2D eigenvalue weighted by atomic mass is 32.1. The van der Waals surface area contributed by atoms with Crippen LogP contribution in [0.15, 0.2) is 47.8 Å². The van der Waals surface area contributed by atoms with Gasteiger partial charge in [-0.3, -0.25) is 0 Å². The maximum atomic E-state index is 11.3. The van der Waals surface area contributed by atoms with E-state index in [0.29, 0.717) is 13.1 Å². The van der Waals surface area contributed by atoms with E-state index in [4.69, 9.17) is 10.7 Å². The molecule has 1 aliphatic heterocycles. The second-order valence-corrected chi connectivity index (χ2v) is 6.76. The zero-order valence-corrected chi connectivity index (χ0v) is 14.0. The summed E-state index contributed by atoms with van der Waals surface area (Å²) in [7, 11) is 0. The molecule has 3 aromatic rings. The predicted octanol–water partition coefficient (Wildman–Crippen LogP) is 3.16. The van der Waals surface area contributed by atoms with Crippen LogP contribution in [-0.2, 0) is 0 Å². The van der Waals surface area contributed by atoms with Gasteiger partial charge in [0.2, 0.25) is 0 Å². The summed E-state index contributed by atoms with van der Waals surface area (Å²) in [4.78, 5) is 20.2. The highest BCUT2D eigenvalue weighted by molar-refractivity contribution is 7.17. The molecule has 0 saturated carbocycles. The third-order valence-corrected chi connectivity index (χ3v) is 5.32. The number of anilines is 1. The summed E-state index contributed by atoms with van der Waals surface area (Å²) in [6, 6.07) is 14.1. The summed E-state index contributed by atoms with van der Waals surface area (Å²) in [5, 5.41) is 2.08. The van der Waals surface area contributed by atoms with E-state index in [1.165, 1.54) is 10.4 Å². The van der Waals surface area contributed by atoms with Crippen LogP contribution in [0.2, 0.25) is 0 Å². The lowest BCUT2D eigenvalue weighted by molar-refractivity contribution is 0.204. The molecular formula is C18H18N4OS. The zero-order valence-electron chi connectivity index (χ0n) is 13.2. The minimum atomic E-state index is -0.337. The molecule has 0 aliphatic carbocycles. The molecule has 0 bridgehead atoms. The molecule has 1 aliphatic rings. The number of piperazine rings is 1. The van der Waals surface area contributed by atoms with Gasteiger partial charge in [-0.1, -0.05) is 30.3 Å². The van der Waals surface area contributed by atoms with Crippen molar-refractivity contribution in [1.29, 1.82) is 0 Å². The third kappa shape index (κ3) is 2.69. The molecule has 2 N–H and O–H groups in total. The molecule has 5 nitrogen and oxygen atoms in total. The number of benzene rings is 1. The summed E-state index contributed by atoms with van der Waals surface area (Å²) in [5.41, 5.74) is 9.69. The van der Waals surface area contributed by atoms with E-state index in [1.807, 2.05) is 18.2 Å². The fraction of sp³-hybridized carbons (Fsp3) is 0.222. The van der Waals surface area contributed by atoms with E-state index in [1.54, 1.807) is 16.2 Å². The minimum Gasteiger partial charge on any atom is -0.367 e. The van der Waals surface area contributed by atoms with Gasteiger partial charge in [-0.15, -0.1) is 11.3 Å². The number of thiophene rings is 1. The highest BCUT2D eigenvalue weighted by Gasteiger charge is 2.22. The number of primary amides is 1. The quantitative estimate of drug-likeness (QED) is 0.781. The molecule has 1 aromatic carbocycles. The van der Waals surface area contributed by atoms with Crippen LogP contribution in [0.4, 0.5) is 10.5 Å². The van der Waals surface area contributed by atoms with Gasteiger partial charge in [0.1, 0.15) is 0 Å². The molecule has 6 heteroatoms. The Kier molecular flexibility index (Phi) is 3.82. The van der Waals surface area contributed by atoms with E-state index < -0.39 is 0 Å². The van der Waals surface area contributed by atoms with E-state index in [2.05, 4.69) is 34.5 Å². The van der Waals surface area contributed by atoms with Crippen molar-refractivity contribution in [3.8, 4) is 11.3 Å². The van der Waals surface area contributed by atoms with Gasteiger partial charge in [-0.05, 0) is 17.5 Å². The first-order valence-corrected chi connectivity index (χ1v) is 8.83. The number of aromatic nitrogens is 1. The van der Waals surface area contributed by atoms with Crippen molar-refractivity contribution < 1.29 is 4.79 Å². The number of carbonyl (C=O) groups excluding carboxylic acids is 1. The number of pyridine rings is 1. The highest BCUT2D eigenvalue weighted by Crippen LogP contribution is 2.34. The third-order valence-electron chi connectivity index (χ3n) is 4.39. The Hall–Kier alpha value is -2.60. The molecule has 0 spiro atoms. The molecule has 0 atom stereocenters. The van der Waals surface area contributed by atoms with E-state index in [9.17, 15) is 4.79 Å². The van der Waals surface area contributed by atoms with Crippen molar-refractivity contribution in [2.75, 3.05) is 31.1 Å². The van der Waals surface area contributed by atoms with Crippen LogP contribution in [0, 0.1) is 0 Å². The molecule has 0 unspecified atom stereocenters. The van der Waals surface area contributed by atoms with Crippen LogP contribution >= 0.6 is 11.3 Å². The van der Waals surface area contributed by atoms with Crippen LogP contribution in [0.3, 0.4) is 0 Å². The van der Waals surface area contributed by atoms with Crippen LogP contribution in [-0.4, -0.2) is 42.1 Å². The van der Waals surface area contributed by atoms with Crippen LogP contribution < -0.4 is 10.6 Å². The summed E-state index contributed by atoms with van der Waals surface area (Å²) >= 11 is 1.71. The van der Waals surface area contributed by atoms with Crippen molar-refractivity contribution in [2.24, 2.45) is 5.73 Å². The van der Waals surface area contributed by atoms with Crippen LogP contribution in [0.5, 0.6) is 0 Å². The van der Waals surface area contributed by atoms with Gasteiger partial charge in [0, 0.05) is 31.7 Å². The van der Waals surface area contributed by atoms with Crippen LogP contribution in [0.1, 0.15) is 0 Å². The van der Waals surface area contributed by atoms with Gasteiger partial charge in [0.25, 0.3) is 0 Å². The summed E-state index contributed by atoms with van der Waals surface area (Å²) < 4.78 is 1.20. The number of nitrogens with two attached hydrogens (primary N) is 1. The molecule has 1 saturated heterocycles. The van der Waals surface area contributed by atoms with Crippen molar-refractivity contribution in [3.63, 3.8) is 0 Å². The molecule has 122 valence electrons. The Bertz CT molecular complexity index is 869. The average Bonchev–Trinajstić information content (AvgIpc) is 3.10. The standard InChI is InChI=1S/C18H18N4OS/c19-18(23)22-9-7-21(8-10-22)16-12-15(13-4-2-1-3-5-13)20-14-6-11-24-17(14)16/h1-6,11-12H,7-10H2,(H2,19,23). The molecule has 24 heavy (non-hydrogen) atoms. The summed E-state index contributed by atoms with van der Waals surface area (Å²) in [6.45, 7) is 2.89. The number of urea groups is 1. The average molecular weight is 338 g/mol. The Labute approximate surface area is 144 Å². The summed E-state index contributed by atoms with van der Waals surface area (Å²) in [5.74, 6) is 0. The SMILES string of the molecule is NC(=O)N1CCN(c2cc(-c3ccccc3)nc3ccsc23)CC1. The minimum absolute atomic E-state index is 0.337. The molecule has 1 fully saturated rings. The predicted molar refractivity (Wildman–Crippen MR) is 98.4 cm³/mol. The molecule has 3 heterocycles. The second-order valence-electron chi connectivity index (χ2n) is 5.84. The lowest BCUT2D eigenvalue weighted by Gasteiger charge is -2.35. The Balaban J connectivity index is 1.72. The molecule has 2 aromatic heterocycles. The van der Waals surface area contributed by atoms with Gasteiger partial charge in [0.05, 0.1) is 21.6 Å². The maximum absolute atomic E-state index is 11.3. The molecular weight excluding hydrogens is 320 g/mol. The monoisotopic (exact) mass is 338 g/mol. The number of fused-ring (bicyclic) bond motifs is 1. The zero-order chi connectivity index (χ0) is 16.5. The second kappa shape index (κ2) is 6.13. The Morgan fingerprint density at radius 1 is 1.08 bits per heavy atom. The topological polar surface area (TPSA) is 62.5 Å². The van der Waals surface area contributed by atoms with Gasteiger partial charge >= 0.3 is 6.03 Å². The van der Waals surface area contributed by atoms with E-state index in [-0.39, 0.29) is 6.03 Å². The van der Waals surface area contributed by atoms with Gasteiger partial charge in [-0.25, -0.2) is 9.78 Å². The fourth-order valence-electron chi connectivity index (χ4n) is 3.10. The van der Waals surface area contributed by atoms with Crippen molar-refractivity contribution in [3.05, 3.63) is 47.8 Å². The molecule has 0 radical (unpaired) electrons. The van der Waals surface area contributed by atoms with Gasteiger partial charge < -0.3 is 15.5 Å². The van der Waals surface area contributed by atoms with Gasteiger partial charge in [-0.2, -0.15) is 0 Å².